The van der Waals surface area contributed by atoms with Gasteiger partial charge in [-0.2, -0.15) is 0 Å². The standard InChI is InChI=1S/C15H33N/c1-7-13(4)10-16(11-14(5)8-2)12-15(6)9-3/h13-15H,7-12H2,1-6H3/t13-,14?,15?/m1/s1. The molecule has 0 aliphatic rings. The van der Waals surface area contributed by atoms with Gasteiger partial charge in [-0.3, -0.25) is 0 Å². The molecule has 0 aromatic carbocycles. The lowest BCUT2D eigenvalue weighted by atomic mass is 10.0. The molecule has 0 aliphatic carbocycles. The molecule has 0 N–H and O–H groups in total. The van der Waals surface area contributed by atoms with Crippen LogP contribution in [0.2, 0.25) is 0 Å². The molecule has 0 fully saturated rings. The highest BCUT2D eigenvalue weighted by atomic mass is 15.1. The van der Waals surface area contributed by atoms with Crippen molar-refractivity contribution in [2.75, 3.05) is 19.6 Å². The number of hydrogen-bond acceptors (Lipinski definition) is 1. The maximum absolute atomic E-state index is 2.69. The fourth-order valence-corrected chi connectivity index (χ4v) is 1.93. The van der Waals surface area contributed by atoms with Crippen LogP contribution in [-0.2, 0) is 0 Å². The fraction of sp³-hybridized carbons (Fsp3) is 1.00. The van der Waals surface area contributed by atoms with Gasteiger partial charge in [0.1, 0.15) is 0 Å². The summed E-state index contributed by atoms with van der Waals surface area (Å²) < 4.78 is 0. The van der Waals surface area contributed by atoms with Gasteiger partial charge in [-0.05, 0) is 17.8 Å². The van der Waals surface area contributed by atoms with Gasteiger partial charge in [0.15, 0.2) is 0 Å². The van der Waals surface area contributed by atoms with Crippen molar-refractivity contribution in [1.82, 2.24) is 4.90 Å². The van der Waals surface area contributed by atoms with Crippen LogP contribution < -0.4 is 0 Å². The van der Waals surface area contributed by atoms with Crippen molar-refractivity contribution in [3.05, 3.63) is 0 Å². The van der Waals surface area contributed by atoms with E-state index in [2.05, 4.69) is 46.4 Å². The zero-order chi connectivity index (χ0) is 12.6. The van der Waals surface area contributed by atoms with Crippen LogP contribution in [0.25, 0.3) is 0 Å². The predicted octanol–water partition coefficient (Wildman–Crippen LogP) is 4.43. The van der Waals surface area contributed by atoms with E-state index >= 15 is 0 Å². The molecule has 0 amide bonds. The van der Waals surface area contributed by atoms with Gasteiger partial charge in [-0.25, -0.2) is 0 Å². The molecule has 0 bridgehead atoms. The normalized spacial score (nSPS) is 17.4. The van der Waals surface area contributed by atoms with E-state index < -0.39 is 0 Å². The Bertz CT molecular complexity index is 127. The first kappa shape index (κ1) is 16.0. The zero-order valence-electron chi connectivity index (χ0n) is 12.4. The molecule has 0 heterocycles. The zero-order valence-corrected chi connectivity index (χ0v) is 12.4. The fourth-order valence-electron chi connectivity index (χ4n) is 1.93. The molecule has 0 saturated heterocycles. The van der Waals surface area contributed by atoms with Crippen LogP contribution in [0.4, 0.5) is 0 Å². The lowest BCUT2D eigenvalue weighted by Crippen LogP contribution is -2.35. The van der Waals surface area contributed by atoms with E-state index in [1.807, 2.05) is 0 Å². The van der Waals surface area contributed by atoms with Crippen molar-refractivity contribution in [1.29, 1.82) is 0 Å². The average molecular weight is 227 g/mol. The van der Waals surface area contributed by atoms with Crippen LogP contribution in [0, 0.1) is 17.8 Å². The van der Waals surface area contributed by atoms with Gasteiger partial charge in [0, 0.05) is 19.6 Å². The first-order valence-electron chi connectivity index (χ1n) is 7.25. The van der Waals surface area contributed by atoms with Crippen molar-refractivity contribution < 1.29 is 0 Å². The van der Waals surface area contributed by atoms with Crippen LogP contribution in [0.15, 0.2) is 0 Å². The largest absolute Gasteiger partial charge is 0.303 e. The van der Waals surface area contributed by atoms with Crippen LogP contribution in [0.1, 0.15) is 60.8 Å². The Kier molecular flexibility index (Phi) is 9.02. The van der Waals surface area contributed by atoms with E-state index in [1.165, 1.54) is 38.9 Å². The van der Waals surface area contributed by atoms with Gasteiger partial charge in [-0.15, -0.1) is 0 Å². The highest BCUT2D eigenvalue weighted by Crippen LogP contribution is 2.12. The molecule has 2 unspecified atom stereocenters. The maximum Gasteiger partial charge on any atom is 0.000714 e. The molecule has 1 heteroatoms. The Labute approximate surface area is 104 Å². The van der Waals surface area contributed by atoms with Gasteiger partial charge >= 0.3 is 0 Å². The van der Waals surface area contributed by atoms with Gasteiger partial charge in [0.2, 0.25) is 0 Å². The molecule has 0 aromatic rings. The Morgan fingerprint density at radius 2 is 0.875 bits per heavy atom. The molecular formula is C15H33N. The number of nitrogens with zero attached hydrogens (tertiary/aromatic N) is 1. The molecule has 1 nitrogen and oxygen atoms in total. The molecule has 3 atom stereocenters. The van der Waals surface area contributed by atoms with E-state index in [-0.39, 0.29) is 0 Å². The second-order valence-corrected chi connectivity index (χ2v) is 5.76. The van der Waals surface area contributed by atoms with E-state index in [0.29, 0.717) is 0 Å². The molecule has 0 aromatic heterocycles. The third-order valence-corrected chi connectivity index (χ3v) is 3.80. The van der Waals surface area contributed by atoms with Crippen molar-refractivity contribution in [3.63, 3.8) is 0 Å². The second kappa shape index (κ2) is 9.04. The minimum atomic E-state index is 0.841. The van der Waals surface area contributed by atoms with E-state index in [1.54, 1.807) is 0 Å². The minimum absolute atomic E-state index is 0.841. The lowest BCUT2D eigenvalue weighted by Gasteiger charge is -2.30. The van der Waals surface area contributed by atoms with Crippen molar-refractivity contribution in [2.45, 2.75) is 60.8 Å². The Morgan fingerprint density at radius 3 is 1.06 bits per heavy atom. The number of hydrogen-bond donors (Lipinski definition) is 0. The predicted molar refractivity (Wildman–Crippen MR) is 74.8 cm³/mol. The Morgan fingerprint density at radius 1 is 0.625 bits per heavy atom. The summed E-state index contributed by atoms with van der Waals surface area (Å²) in [6.45, 7) is 17.9. The van der Waals surface area contributed by atoms with Gasteiger partial charge < -0.3 is 4.90 Å². The third kappa shape index (κ3) is 7.27. The van der Waals surface area contributed by atoms with Crippen LogP contribution in [0.3, 0.4) is 0 Å². The summed E-state index contributed by atoms with van der Waals surface area (Å²) in [5.74, 6) is 2.52. The molecule has 0 spiro atoms. The lowest BCUT2D eigenvalue weighted by molar-refractivity contribution is 0.179. The molecular weight excluding hydrogens is 194 g/mol. The smallest absolute Gasteiger partial charge is 0.000714 e. The van der Waals surface area contributed by atoms with Crippen LogP contribution in [0.5, 0.6) is 0 Å². The summed E-state index contributed by atoms with van der Waals surface area (Å²) in [4.78, 5) is 2.69. The summed E-state index contributed by atoms with van der Waals surface area (Å²) in [7, 11) is 0. The summed E-state index contributed by atoms with van der Waals surface area (Å²) in [5.41, 5.74) is 0. The maximum atomic E-state index is 2.69. The Hall–Kier alpha value is -0.0400. The minimum Gasteiger partial charge on any atom is -0.303 e. The quantitative estimate of drug-likeness (QED) is 0.563. The third-order valence-electron chi connectivity index (χ3n) is 3.80. The summed E-state index contributed by atoms with van der Waals surface area (Å²) in [6, 6.07) is 0. The van der Waals surface area contributed by atoms with Gasteiger partial charge in [0.05, 0.1) is 0 Å². The van der Waals surface area contributed by atoms with E-state index in [4.69, 9.17) is 0 Å². The molecule has 0 saturated carbocycles. The van der Waals surface area contributed by atoms with Gasteiger partial charge in [0.25, 0.3) is 0 Å². The molecule has 0 radical (unpaired) electrons. The van der Waals surface area contributed by atoms with Crippen molar-refractivity contribution in [3.8, 4) is 0 Å². The summed E-state index contributed by atoms with van der Waals surface area (Å²) >= 11 is 0. The summed E-state index contributed by atoms with van der Waals surface area (Å²) in [5, 5.41) is 0. The summed E-state index contributed by atoms with van der Waals surface area (Å²) in [6.07, 6.45) is 3.91. The highest BCUT2D eigenvalue weighted by molar-refractivity contribution is 4.67. The SMILES string of the molecule is CCC(C)CN(CC(C)CC)C[C@H](C)CC. The first-order chi connectivity index (χ1) is 7.53. The van der Waals surface area contributed by atoms with Gasteiger partial charge in [-0.1, -0.05) is 60.8 Å². The molecule has 16 heavy (non-hydrogen) atoms. The topological polar surface area (TPSA) is 3.24 Å². The van der Waals surface area contributed by atoms with E-state index in [0.717, 1.165) is 17.8 Å². The van der Waals surface area contributed by atoms with Crippen LogP contribution >= 0.6 is 0 Å². The molecule has 0 rings (SSSR count). The molecule has 0 aliphatic heterocycles. The van der Waals surface area contributed by atoms with Crippen LogP contribution in [-0.4, -0.2) is 24.5 Å². The highest BCUT2D eigenvalue weighted by Gasteiger charge is 2.14. The average Bonchev–Trinajstić information content (AvgIpc) is 2.28. The second-order valence-electron chi connectivity index (χ2n) is 5.76. The van der Waals surface area contributed by atoms with Crippen molar-refractivity contribution >= 4 is 0 Å². The first-order valence-corrected chi connectivity index (χ1v) is 7.25. The number of rotatable bonds is 9. The van der Waals surface area contributed by atoms with Crippen molar-refractivity contribution in [2.24, 2.45) is 17.8 Å². The van der Waals surface area contributed by atoms with E-state index in [9.17, 15) is 0 Å². The monoisotopic (exact) mass is 227 g/mol. The molecule has 98 valence electrons. The Balaban J connectivity index is 4.15.